The lowest BCUT2D eigenvalue weighted by molar-refractivity contribution is 0.220. The highest BCUT2D eigenvalue weighted by Gasteiger charge is 2.10. The fourth-order valence-corrected chi connectivity index (χ4v) is 2.31. The Morgan fingerprint density at radius 2 is 1.45 bits per heavy atom. The average molecular weight is 259 g/mol. The van der Waals surface area contributed by atoms with Crippen molar-refractivity contribution in [3.63, 3.8) is 0 Å². The quantitative estimate of drug-likeness (QED) is 0.760. The van der Waals surface area contributed by atoms with E-state index in [0.29, 0.717) is 5.56 Å². The molecule has 0 aliphatic heterocycles. The van der Waals surface area contributed by atoms with Crippen molar-refractivity contribution >= 4 is 10.8 Å². The van der Waals surface area contributed by atoms with E-state index in [1.54, 1.807) is 24.3 Å². The van der Waals surface area contributed by atoms with E-state index in [9.17, 15) is 5.11 Å². The van der Waals surface area contributed by atoms with Gasteiger partial charge >= 0.3 is 0 Å². The first-order chi connectivity index (χ1) is 9.78. The zero-order valence-corrected chi connectivity index (χ0v) is 10.8. The third-order valence-electron chi connectivity index (χ3n) is 3.44. The highest BCUT2D eigenvalue weighted by molar-refractivity contribution is 5.83. The van der Waals surface area contributed by atoms with Crippen LogP contribution in [0.2, 0.25) is 0 Å². The van der Waals surface area contributed by atoms with Gasteiger partial charge in [0.05, 0.1) is 11.6 Å². The Balaban J connectivity index is 1.98. The molecule has 2 heteroatoms. The second-order valence-corrected chi connectivity index (χ2v) is 4.74. The molecule has 0 aliphatic rings. The number of aliphatic hydroxyl groups excluding tert-OH is 1. The summed E-state index contributed by atoms with van der Waals surface area (Å²) < 4.78 is 0. The number of fused-ring (bicyclic) bond motifs is 1. The molecule has 1 unspecified atom stereocenters. The van der Waals surface area contributed by atoms with E-state index in [-0.39, 0.29) is 0 Å². The van der Waals surface area contributed by atoms with Crippen molar-refractivity contribution in [2.24, 2.45) is 0 Å². The van der Waals surface area contributed by atoms with E-state index < -0.39 is 6.10 Å². The van der Waals surface area contributed by atoms with Crippen LogP contribution in [0.1, 0.15) is 22.8 Å². The zero-order valence-electron chi connectivity index (χ0n) is 10.8. The van der Waals surface area contributed by atoms with Gasteiger partial charge in [-0.15, -0.1) is 0 Å². The molecule has 0 heterocycles. The monoisotopic (exact) mass is 259 g/mol. The fraction of sp³-hybridized carbons (Fsp3) is 0.0556. The molecule has 0 saturated heterocycles. The maximum atomic E-state index is 10.4. The van der Waals surface area contributed by atoms with Crippen LogP contribution in [0.5, 0.6) is 0 Å². The minimum absolute atomic E-state index is 0.597. The number of nitriles is 1. The second-order valence-electron chi connectivity index (χ2n) is 4.74. The Bertz CT molecular complexity index is 784. The molecule has 0 saturated carbocycles. The predicted molar refractivity (Wildman–Crippen MR) is 79.2 cm³/mol. The van der Waals surface area contributed by atoms with Crippen LogP contribution in [0.25, 0.3) is 10.8 Å². The van der Waals surface area contributed by atoms with Gasteiger partial charge in [0, 0.05) is 0 Å². The van der Waals surface area contributed by atoms with Gasteiger partial charge in [-0.05, 0) is 40.1 Å². The number of aliphatic hydroxyl groups is 1. The molecule has 3 rings (SSSR count). The lowest BCUT2D eigenvalue weighted by Crippen LogP contribution is -1.99. The third kappa shape index (κ3) is 2.27. The summed E-state index contributed by atoms with van der Waals surface area (Å²) in [5.41, 5.74) is 2.24. The zero-order chi connectivity index (χ0) is 13.9. The van der Waals surface area contributed by atoms with Crippen LogP contribution in [0, 0.1) is 11.3 Å². The minimum Gasteiger partial charge on any atom is -0.384 e. The van der Waals surface area contributed by atoms with Crippen molar-refractivity contribution in [1.82, 2.24) is 0 Å². The summed E-state index contributed by atoms with van der Waals surface area (Å²) in [7, 11) is 0. The molecular formula is C18H13NO. The van der Waals surface area contributed by atoms with Crippen molar-refractivity contribution in [3.8, 4) is 6.07 Å². The van der Waals surface area contributed by atoms with E-state index >= 15 is 0 Å². The molecule has 2 nitrogen and oxygen atoms in total. The summed E-state index contributed by atoms with van der Waals surface area (Å²) in [5, 5.41) is 21.5. The summed E-state index contributed by atoms with van der Waals surface area (Å²) >= 11 is 0. The molecule has 96 valence electrons. The summed E-state index contributed by atoms with van der Waals surface area (Å²) in [4.78, 5) is 0. The van der Waals surface area contributed by atoms with E-state index in [1.807, 2.05) is 42.5 Å². The SMILES string of the molecule is N#Cc1ccc(C(O)c2ccc3ccccc3c2)cc1. The van der Waals surface area contributed by atoms with Gasteiger partial charge in [-0.3, -0.25) is 0 Å². The highest BCUT2D eigenvalue weighted by atomic mass is 16.3. The van der Waals surface area contributed by atoms with Gasteiger partial charge in [0.1, 0.15) is 6.10 Å². The first kappa shape index (κ1) is 12.4. The molecule has 0 amide bonds. The minimum atomic E-state index is -0.674. The van der Waals surface area contributed by atoms with Crippen LogP contribution in [0.4, 0.5) is 0 Å². The van der Waals surface area contributed by atoms with Gasteiger partial charge < -0.3 is 5.11 Å². The van der Waals surface area contributed by atoms with Gasteiger partial charge in [-0.25, -0.2) is 0 Å². The molecule has 3 aromatic rings. The predicted octanol–water partition coefficient (Wildman–Crippen LogP) is 3.79. The first-order valence-corrected chi connectivity index (χ1v) is 6.45. The smallest absolute Gasteiger partial charge is 0.104 e. The molecule has 3 aromatic carbocycles. The first-order valence-electron chi connectivity index (χ1n) is 6.45. The molecule has 20 heavy (non-hydrogen) atoms. The summed E-state index contributed by atoms with van der Waals surface area (Å²) in [6, 6.07) is 23.1. The van der Waals surface area contributed by atoms with Crippen molar-refractivity contribution in [2.45, 2.75) is 6.10 Å². The average Bonchev–Trinajstić information content (AvgIpc) is 2.54. The second kappa shape index (κ2) is 5.16. The van der Waals surface area contributed by atoms with Crippen LogP contribution in [0.15, 0.2) is 66.7 Å². The molecule has 0 aliphatic carbocycles. The summed E-state index contributed by atoms with van der Waals surface area (Å²) in [5.74, 6) is 0. The largest absolute Gasteiger partial charge is 0.384 e. The van der Waals surface area contributed by atoms with Gasteiger partial charge in [0.2, 0.25) is 0 Å². The molecule has 0 spiro atoms. The van der Waals surface area contributed by atoms with Crippen LogP contribution >= 0.6 is 0 Å². The maximum absolute atomic E-state index is 10.4. The molecular weight excluding hydrogens is 246 g/mol. The Labute approximate surface area is 117 Å². The van der Waals surface area contributed by atoms with Crippen LogP contribution in [-0.2, 0) is 0 Å². The maximum Gasteiger partial charge on any atom is 0.104 e. The topological polar surface area (TPSA) is 44.0 Å². The van der Waals surface area contributed by atoms with E-state index in [2.05, 4.69) is 6.07 Å². The number of rotatable bonds is 2. The number of hydrogen-bond donors (Lipinski definition) is 1. The van der Waals surface area contributed by atoms with Crippen LogP contribution in [-0.4, -0.2) is 5.11 Å². The Morgan fingerprint density at radius 3 is 2.15 bits per heavy atom. The van der Waals surface area contributed by atoms with Crippen molar-refractivity contribution in [3.05, 3.63) is 83.4 Å². The van der Waals surface area contributed by atoms with Gasteiger partial charge in [0.15, 0.2) is 0 Å². The number of nitrogens with zero attached hydrogens (tertiary/aromatic N) is 1. The van der Waals surface area contributed by atoms with Crippen molar-refractivity contribution < 1.29 is 5.11 Å². The molecule has 1 atom stereocenters. The Hall–Kier alpha value is -2.63. The Kier molecular flexibility index (Phi) is 3.20. The van der Waals surface area contributed by atoms with E-state index in [4.69, 9.17) is 5.26 Å². The molecule has 0 radical (unpaired) electrons. The summed E-state index contributed by atoms with van der Waals surface area (Å²) in [6.45, 7) is 0. The molecule has 1 N–H and O–H groups in total. The van der Waals surface area contributed by atoms with E-state index in [0.717, 1.165) is 21.9 Å². The van der Waals surface area contributed by atoms with Crippen LogP contribution < -0.4 is 0 Å². The lowest BCUT2D eigenvalue weighted by atomic mass is 9.98. The number of hydrogen-bond acceptors (Lipinski definition) is 2. The summed E-state index contributed by atoms with van der Waals surface area (Å²) in [6.07, 6.45) is -0.674. The van der Waals surface area contributed by atoms with Gasteiger partial charge in [-0.1, -0.05) is 48.5 Å². The van der Waals surface area contributed by atoms with Gasteiger partial charge in [0.25, 0.3) is 0 Å². The van der Waals surface area contributed by atoms with E-state index in [1.165, 1.54) is 0 Å². The standard InChI is InChI=1S/C18H13NO/c19-12-13-5-7-15(8-6-13)18(20)17-10-9-14-3-1-2-4-16(14)11-17/h1-11,18,20H. The molecule has 0 aromatic heterocycles. The third-order valence-corrected chi connectivity index (χ3v) is 3.44. The van der Waals surface area contributed by atoms with Crippen LogP contribution in [0.3, 0.4) is 0 Å². The van der Waals surface area contributed by atoms with Crippen molar-refractivity contribution in [1.29, 1.82) is 5.26 Å². The lowest BCUT2D eigenvalue weighted by Gasteiger charge is -2.12. The Morgan fingerprint density at radius 1 is 0.800 bits per heavy atom. The number of benzene rings is 3. The highest BCUT2D eigenvalue weighted by Crippen LogP contribution is 2.25. The normalized spacial score (nSPS) is 12.0. The van der Waals surface area contributed by atoms with Crippen molar-refractivity contribution in [2.75, 3.05) is 0 Å². The van der Waals surface area contributed by atoms with Gasteiger partial charge in [-0.2, -0.15) is 5.26 Å². The fourth-order valence-electron chi connectivity index (χ4n) is 2.31. The molecule has 0 bridgehead atoms. The molecule has 0 fully saturated rings.